The van der Waals surface area contributed by atoms with E-state index >= 15 is 0 Å². The van der Waals surface area contributed by atoms with Crippen LogP contribution in [-0.2, 0) is 0 Å². The van der Waals surface area contributed by atoms with Crippen LogP contribution in [0, 0.1) is 0 Å². The lowest BCUT2D eigenvalue weighted by Crippen LogP contribution is -2.03. The van der Waals surface area contributed by atoms with Crippen LogP contribution in [-0.4, -0.2) is 25.3 Å². The molecule has 0 bridgehead atoms. The van der Waals surface area contributed by atoms with Crippen molar-refractivity contribution in [2.24, 2.45) is 0 Å². The SMILES string of the molecule is COc1cc(C(=O)O)cc(OC)c1[O-]. The number of methoxy groups -OCH3 is 2. The number of carboxylic acid groups (broad SMARTS) is 1. The lowest BCUT2D eigenvalue weighted by molar-refractivity contribution is -0.271. The quantitative estimate of drug-likeness (QED) is 0.762. The van der Waals surface area contributed by atoms with Gasteiger partial charge in [0.2, 0.25) is 0 Å². The summed E-state index contributed by atoms with van der Waals surface area (Å²) in [6, 6.07) is 2.32. The molecule has 1 aromatic rings. The van der Waals surface area contributed by atoms with Gasteiger partial charge in [0.25, 0.3) is 0 Å². The molecule has 0 spiro atoms. The number of carbonyl (C=O) groups is 1. The molecule has 0 aliphatic heterocycles. The predicted molar refractivity (Wildman–Crippen MR) is 46.0 cm³/mol. The van der Waals surface area contributed by atoms with Crippen molar-refractivity contribution in [1.29, 1.82) is 0 Å². The third-order valence-electron chi connectivity index (χ3n) is 1.71. The van der Waals surface area contributed by atoms with Gasteiger partial charge in [-0.1, -0.05) is 0 Å². The van der Waals surface area contributed by atoms with Gasteiger partial charge in [-0.2, -0.15) is 0 Å². The van der Waals surface area contributed by atoms with Crippen LogP contribution in [0.25, 0.3) is 0 Å². The van der Waals surface area contributed by atoms with Gasteiger partial charge in [0.05, 0.1) is 19.8 Å². The molecule has 0 saturated heterocycles. The van der Waals surface area contributed by atoms with Crippen molar-refractivity contribution < 1.29 is 24.5 Å². The Morgan fingerprint density at radius 2 is 1.71 bits per heavy atom. The molecule has 5 nitrogen and oxygen atoms in total. The molecule has 5 heteroatoms. The first-order valence-electron chi connectivity index (χ1n) is 3.76. The third-order valence-corrected chi connectivity index (χ3v) is 1.71. The summed E-state index contributed by atoms with van der Waals surface area (Å²) >= 11 is 0. The number of hydrogen-bond donors (Lipinski definition) is 1. The van der Waals surface area contributed by atoms with Crippen LogP contribution in [0.4, 0.5) is 0 Å². The molecular formula is C9H9O5-. The van der Waals surface area contributed by atoms with Crippen LogP contribution in [0.5, 0.6) is 17.2 Å². The Balaban J connectivity index is 3.32. The van der Waals surface area contributed by atoms with Crippen molar-refractivity contribution in [3.05, 3.63) is 17.7 Å². The van der Waals surface area contributed by atoms with Crippen LogP contribution in [0.3, 0.4) is 0 Å². The van der Waals surface area contributed by atoms with E-state index in [1.807, 2.05) is 0 Å². The minimum absolute atomic E-state index is 0.0400. The van der Waals surface area contributed by atoms with Crippen molar-refractivity contribution in [2.45, 2.75) is 0 Å². The van der Waals surface area contributed by atoms with E-state index in [0.29, 0.717) is 0 Å². The van der Waals surface area contributed by atoms with Gasteiger partial charge in [0.15, 0.2) is 0 Å². The zero-order chi connectivity index (χ0) is 10.7. The van der Waals surface area contributed by atoms with E-state index in [1.165, 1.54) is 14.2 Å². The van der Waals surface area contributed by atoms with E-state index in [2.05, 4.69) is 0 Å². The average molecular weight is 197 g/mol. The number of hydrogen-bond acceptors (Lipinski definition) is 4. The Bertz CT molecular complexity index is 333. The molecule has 0 amide bonds. The fourth-order valence-corrected chi connectivity index (χ4v) is 1.00. The highest BCUT2D eigenvalue weighted by Gasteiger charge is 2.09. The third kappa shape index (κ3) is 1.71. The molecular weight excluding hydrogens is 188 g/mol. The summed E-state index contributed by atoms with van der Waals surface area (Å²) in [5, 5.41) is 20.1. The normalized spacial score (nSPS) is 9.57. The molecule has 0 aliphatic carbocycles. The number of benzene rings is 1. The maximum Gasteiger partial charge on any atom is 0.335 e. The second kappa shape index (κ2) is 3.87. The molecule has 0 fully saturated rings. The second-order valence-corrected chi connectivity index (χ2v) is 2.52. The van der Waals surface area contributed by atoms with Gasteiger partial charge in [0, 0.05) is 0 Å². The second-order valence-electron chi connectivity index (χ2n) is 2.52. The lowest BCUT2D eigenvalue weighted by atomic mass is 10.2. The molecule has 76 valence electrons. The summed E-state index contributed by atoms with van der Waals surface area (Å²) in [4.78, 5) is 10.6. The summed E-state index contributed by atoms with van der Waals surface area (Å²) < 4.78 is 9.44. The van der Waals surface area contributed by atoms with E-state index < -0.39 is 11.7 Å². The number of rotatable bonds is 3. The fourth-order valence-electron chi connectivity index (χ4n) is 1.00. The highest BCUT2D eigenvalue weighted by molar-refractivity contribution is 5.89. The molecule has 0 radical (unpaired) electrons. The van der Waals surface area contributed by atoms with Crippen molar-refractivity contribution in [3.8, 4) is 17.2 Å². The van der Waals surface area contributed by atoms with Crippen molar-refractivity contribution >= 4 is 5.97 Å². The topological polar surface area (TPSA) is 78.8 Å². The molecule has 0 atom stereocenters. The standard InChI is InChI=1S/C9H10O5/c1-13-6-3-5(9(11)12)4-7(14-2)8(6)10/h3-4,10H,1-2H3,(H,11,12)/p-1. The Morgan fingerprint density at radius 3 is 2.00 bits per heavy atom. The zero-order valence-corrected chi connectivity index (χ0v) is 7.73. The minimum Gasteiger partial charge on any atom is -0.867 e. The summed E-state index contributed by atoms with van der Waals surface area (Å²) in [5.41, 5.74) is -0.0432. The molecule has 1 N–H and O–H groups in total. The van der Waals surface area contributed by atoms with Crippen molar-refractivity contribution in [1.82, 2.24) is 0 Å². The number of ether oxygens (including phenoxy) is 2. The summed E-state index contributed by atoms with van der Waals surface area (Å²) in [5.74, 6) is -1.68. The van der Waals surface area contributed by atoms with Gasteiger partial charge >= 0.3 is 5.97 Å². The molecule has 0 aliphatic rings. The van der Waals surface area contributed by atoms with Gasteiger partial charge < -0.3 is 19.7 Å². The molecule has 0 saturated carbocycles. The largest absolute Gasteiger partial charge is 0.867 e. The van der Waals surface area contributed by atoms with Gasteiger partial charge in [-0.3, -0.25) is 0 Å². The van der Waals surface area contributed by atoms with Gasteiger partial charge in [-0.05, 0) is 17.9 Å². The van der Waals surface area contributed by atoms with E-state index in [-0.39, 0.29) is 17.1 Å². The van der Waals surface area contributed by atoms with Crippen molar-refractivity contribution in [3.63, 3.8) is 0 Å². The summed E-state index contributed by atoms with van der Waals surface area (Å²) in [7, 11) is 2.59. The van der Waals surface area contributed by atoms with Gasteiger partial charge in [-0.25, -0.2) is 4.79 Å². The molecule has 0 aromatic heterocycles. The molecule has 1 aromatic carbocycles. The Kier molecular flexibility index (Phi) is 2.81. The first-order chi connectivity index (χ1) is 6.60. The fraction of sp³-hybridized carbons (Fsp3) is 0.222. The predicted octanol–water partition coefficient (Wildman–Crippen LogP) is 0.476. The van der Waals surface area contributed by atoms with E-state index in [9.17, 15) is 9.90 Å². The van der Waals surface area contributed by atoms with Crippen LogP contribution in [0.15, 0.2) is 12.1 Å². The van der Waals surface area contributed by atoms with Gasteiger partial charge in [-0.15, -0.1) is 0 Å². The monoisotopic (exact) mass is 197 g/mol. The lowest BCUT2D eigenvalue weighted by Gasteiger charge is -2.17. The van der Waals surface area contributed by atoms with Crippen LogP contribution < -0.4 is 14.6 Å². The summed E-state index contributed by atoms with van der Waals surface area (Å²) in [6.45, 7) is 0. The van der Waals surface area contributed by atoms with Gasteiger partial charge in [0.1, 0.15) is 11.5 Å². The zero-order valence-electron chi connectivity index (χ0n) is 7.73. The maximum atomic E-state index is 11.4. The molecule has 14 heavy (non-hydrogen) atoms. The number of carboxylic acids is 1. The average Bonchev–Trinajstić information content (AvgIpc) is 2.17. The molecule has 1 rings (SSSR count). The van der Waals surface area contributed by atoms with Crippen LogP contribution in [0.2, 0.25) is 0 Å². The first kappa shape index (κ1) is 10.2. The van der Waals surface area contributed by atoms with E-state index in [0.717, 1.165) is 12.1 Å². The molecule has 0 unspecified atom stereocenters. The van der Waals surface area contributed by atoms with E-state index in [4.69, 9.17) is 14.6 Å². The molecule has 0 heterocycles. The first-order valence-corrected chi connectivity index (χ1v) is 3.76. The Labute approximate surface area is 80.5 Å². The highest BCUT2D eigenvalue weighted by Crippen LogP contribution is 2.34. The Morgan fingerprint density at radius 1 is 1.29 bits per heavy atom. The maximum absolute atomic E-state index is 11.4. The highest BCUT2D eigenvalue weighted by atomic mass is 16.5. The van der Waals surface area contributed by atoms with E-state index in [1.54, 1.807) is 0 Å². The number of aromatic carboxylic acids is 1. The van der Waals surface area contributed by atoms with Crippen LogP contribution in [0.1, 0.15) is 10.4 Å². The van der Waals surface area contributed by atoms with Crippen molar-refractivity contribution in [2.75, 3.05) is 14.2 Å². The Hall–Kier alpha value is -1.91. The van der Waals surface area contributed by atoms with Crippen LogP contribution >= 0.6 is 0 Å². The summed E-state index contributed by atoms with van der Waals surface area (Å²) in [6.07, 6.45) is 0. The minimum atomic E-state index is -1.14. The smallest absolute Gasteiger partial charge is 0.335 e.